The summed E-state index contributed by atoms with van der Waals surface area (Å²) in [6, 6.07) is 6.22. The summed E-state index contributed by atoms with van der Waals surface area (Å²) < 4.78 is -0.108. The Bertz CT molecular complexity index is 663. The third-order valence-electron chi connectivity index (χ3n) is 2.96. The number of hydrogen-bond donors (Lipinski definition) is 2. The van der Waals surface area contributed by atoms with Crippen molar-refractivity contribution in [3.63, 3.8) is 0 Å². The smallest absolute Gasteiger partial charge is 0.248 e. The molecule has 0 aliphatic heterocycles. The number of phenols is 1. The zero-order valence-electron chi connectivity index (χ0n) is 9.74. The lowest BCUT2D eigenvalue weighted by Crippen LogP contribution is -2.08. The first-order valence-corrected chi connectivity index (χ1v) is 6.38. The van der Waals surface area contributed by atoms with Crippen LogP contribution in [-0.2, 0) is 4.79 Å². The van der Waals surface area contributed by atoms with Gasteiger partial charge < -0.3 is 10.1 Å². The van der Waals surface area contributed by atoms with Crippen molar-refractivity contribution >= 4 is 31.5 Å². The van der Waals surface area contributed by atoms with Crippen LogP contribution in [0.2, 0.25) is 0 Å². The van der Waals surface area contributed by atoms with Gasteiger partial charge in [-0.1, -0.05) is 13.0 Å². The molecule has 0 aliphatic carbocycles. The van der Waals surface area contributed by atoms with Gasteiger partial charge in [0.2, 0.25) is 10.3 Å². The van der Waals surface area contributed by atoms with E-state index in [1.165, 1.54) is 12.1 Å². The van der Waals surface area contributed by atoms with Crippen LogP contribution in [0.15, 0.2) is 29.1 Å². The average Bonchev–Trinajstić information content (AvgIpc) is 2.33. The fourth-order valence-electron chi connectivity index (χ4n) is 2.07. The van der Waals surface area contributed by atoms with E-state index in [2.05, 4.69) is 20.9 Å². The molecule has 0 aliphatic rings. The third-order valence-corrected chi connectivity index (χ3v) is 3.52. The third kappa shape index (κ3) is 2.18. The molecule has 18 heavy (non-hydrogen) atoms. The maximum absolute atomic E-state index is 11.6. The second-order valence-corrected chi connectivity index (χ2v) is 4.83. The number of rotatable bonds is 3. The van der Waals surface area contributed by atoms with E-state index in [4.69, 9.17) is 0 Å². The number of carbonyl (C=O) groups is 1. The van der Waals surface area contributed by atoms with Gasteiger partial charge in [0.1, 0.15) is 5.75 Å². The van der Waals surface area contributed by atoms with Gasteiger partial charge in [0, 0.05) is 11.5 Å². The van der Waals surface area contributed by atoms with Crippen molar-refractivity contribution in [2.24, 2.45) is 0 Å². The Balaban J connectivity index is 2.77. The second kappa shape index (κ2) is 4.94. The predicted octanol–water partition coefficient (Wildman–Crippen LogP) is 2.65. The van der Waals surface area contributed by atoms with Gasteiger partial charge in [-0.25, -0.2) is 0 Å². The highest BCUT2D eigenvalue weighted by molar-refractivity contribution is 9.18. The Hall–Kier alpha value is -1.62. The van der Waals surface area contributed by atoms with Crippen LogP contribution < -0.4 is 5.56 Å². The highest BCUT2D eigenvalue weighted by Crippen LogP contribution is 2.32. The first kappa shape index (κ1) is 12.8. The topological polar surface area (TPSA) is 70.2 Å². The lowest BCUT2D eigenvalue weighted by molar-refractivity contribution is -0.111. The molecular formula is C13H12BrNO3. The standard InChI is InChI=1S/C13H12BrNO3/c1-2-7(13(14)18)8-3-5-10(16)12-9(8)4-6-11(17)15-12/h3-7,16H,2H2,1H3,(H,15,17). The van der Waals surface area contributed by atoms with Crippen LogP contribution in [0.25, 0.3) is 10.9 Å². The molecule has 5 heteroatoms. The summed E-state index contributed by atoms with van der Waals surface area (Å²) in [6.07, 6.45) is 0.642. The summed E-state index contributed by atoms with van der Waals surface area (Å²) in [5, 5.41) is 10.4. The fraction of sp³-hybridized carbons (Fsp3) is 0.231. The van der Waals surface area contributed by atoms with Crippen molar-refractivity contribution in [3.8, 4) is 5.75 Å². The van der Waals surface area contributed by atoms with Gasteiger partial charge in [0.15, 0.2) is 0 Å². The summed E-state index contributed by atoms with van der Waals surface area (Å²) in [4.78, 5) is 25.4. The largest absolute Gasteiger partial charge is 0.506 e. The molecule has 4 nitrogen and oxygen atoms in total. The van der Waals surface area contributed by atoms with Crippen molar-refractivity contribution in [3.05, 3.63) is 40.2 Å². The minimum absolute atomic E-state index is 0.00308. The minimum atomic E-state index is -0.293. The van der Waals surface area contributed by atoms with Crippen LogP contribution >= 0.6 is 15.9 Å². The van der Waals surface area contributed by atoms with Crippen molar-refractivity contribution in [2.75, 3.05) is 0 Å². The molecule has 0 bridgehead atoms. The van der Waals surface area contributed by atoms with E-state index in [-0.39, 0.29) is 21.9 Å². The van der Waals surface area contributed by atoms with Crippen molar-refractivity contribution in [1.29, 1.82) is 0 Å². The zero-order chi connectivity index (χ0) is 13.3. The van der Waals surface area contributed by atoms with Gasteiger partial charge in [-0.2, -0.15) is 0 Å². The molecule has 1 unspecified atom stereocenters. The molecule has 1 atom stereocenters. The van der Waals surface area contributed by atoms with Crippen LogP contribution in [0, 0.1) is 0 Å². The maximum atomic E-state index is 11.6. The number of hydrogen-bond acceptors (Lipinski definition) is 3. The van der Waals surface area contributed by atoms with Crippen LogP contribution in [0.3, 0.4) is 0 Å². The highest BCUT2D eigenvalue weighted by atomic mass is 79.9. The number of phenolic OH excluding ortho intramolecular Hbond substituents is 1. The zero-order valence-corrected chi connectivity index (χ0v) is 11.3. The van der Waals surface area contributed by atoms with E-state index in [0.717, 1.165) is 5.56 Å². The second-order valence-electron chi connectivity index (χ2n) is 4.05. The van der Waals surface area contributed by atoms with Crippen molar-refractivity contribution < 1.29 is 9.90 Å². The molecule has 1 aromatic heterocycles. The average molecular weight is 310 g/mol. The Kier molecular flexibility index (Phi) is 3.52. The minimum Gasteiger partial charge on any atom is -0.506 e. The molecule has 2 aromatic rings. The number of aromatic nitrogens is 1. The summed E-state index contributed by atoms with van der Waals surface area (Å²) in [7, 11) is 0. The molecule has 1 heterocycles. The summed E-state index contributed by atoms with van der Waals surface area (Å²) in [6.45, 7) is 1.91. The van der Waals surface area contributed by atoms with E-state index < -0.39 is 0 Å². The Morgan fingerprint density at radius 3 is 2.72 bits per heavy atom. The number of halogens is 1. The van der Waals surface area contributed by atoms with E-state index in [1.807, 2.05) is 6.92 Å². The summed E-state index contributed by atoms with van der Waals surface area (Å²) in [5.74, 6) is -0.290. The van der Waals surface area contributed by atoms with Crippen LogP contribution in [-0.4, -0.2) is 14.8 Å². The van der Waals surface area contributed by atoms with Gasteiger partial charge in [-0.15, -0.1) is 0 Å². The van der Waals surface area contributed by atoms with E-state index in [1.54, 1.807) is 12.1 Å². The Morgan fingerprint density at radius 2 is 2.11 bits per heavy atom. The van der Waals surface area contributed by atoms with Gasteiger partial charge in [0.25, 0.3) is 0 Å². The molecule has 0 fully saturated rings. The van der Waals surface area contributed by atoms with Crippen LogP contribution in [0.5, 0.6) is 5.75 Å². The maximum Gasteiger partial charge on any atom is 0.248 e. The number of nitrogens with one attached hydrogen (secondary N) is 1. The molecule has 0 saturated heterocycles. The fourth-order valence-corrected chi connectivity index (χ4v) is 2.64. The van der Waals surface area contributed by atoms with Gasteiger partial charge in [-0.05, 0) is 40.0 Å². The number of benzene rings is 1. The van der Waals surface area contributed by atoms with Gasteiger partial charge in [-0.3, -0.25) is 9.59 Å². The Labute approximate surface area is 112 Å². The van der Waals surface area contributed by atoms with Crippen LogP contribution in [0.4, 0.5) is 0 Å². The quantitative estimate of drug-likeness (QED) is 0.856. The van der Waals surface area contributed by atoms with Gasteiger partial charge in [0.05, 0.1) is 11.4 Å². The number of H-pyrrole nitrogens is 1. The van der Waals surface area contributed by atoms with E-state index in [0.29, 0.717) is 17.3 Å². The molecule has 0 spiro atoms. The van der Waals surface area contributed by atoms with Crippen molar-refractivity contribution in [2.45, 2.75) is 19.3 Å². The first-order chi connectivity index (χ1) is 8.54. The number of aromatic hydroxyl groups is 1. The monoisotopic (exact) mass is 309 g/mol. The lowest BCUT2D eigenvalue weighted by Gasteiger charge is -2.14. The summed E-state index contributed by atoms with van der Waals surface area (Å²) in [5.41, 5.74) is 0.879. The molecule has 2 N–H and O–H groups in total. The molecule has 0 saturated carbocycles. The summed E-state index contributed by atoms with van der Waals surface area (Å²) >= 11 is 2.98. The molecular weight excluding hydrogens is 298 g/mol. The Morgan fingerprint density at radius 1 is 1.39 bits per heavy atom. The number of carbonyl (C=O) groups excluding carboxylic acids is 1. The van der Waals surface area contributed by atoms with E-state index >= 15 is 0 Å². The molecule has 1 aromatic carbocycles. The normalized spacial score (nSPS) is 12.6. The van der Waals surface area contributed by atoms with Crippen LogP contribution in [0.1, 0.15) is 24.8 Å². The SMILES string of the molecule is CCC(C(=O)Br)c1ccc(O)c2[nH]c(=O)ccc12. The molecule has 0 radical (unpaired) electrons. The molecule has 0 amide bonds. The molecule has 94 valence electrons. The molecule has 2 rings (SSSR count). The van der Waals surface area contributed by atoms with Gasteiger partial charge >= 0.3 is 0 Å². The predicted molar refractivity (Wildman–Crippen MR) is 73.2 cm³/mol. The lowest BCUT2D eigenvalue weighted by atomic mass is 9.94. The van der Waals surface area contributed by atoms with Crippen molar-refractivity contribution in [1.82, 2.24) is 4.98 Å². The number of aromatic amines is 1. The number of fused-ring (bicyclic) bond motifs is 1. The first-order valence-electron chi connectivity index (χ1n) is 5.58. The highest BCUT2D eigenvalue weighted by Gasteiger charge is 2.19. The van der Waals surface area contributed by atoms with E-state index in [9.17, 15) is 14.7 Å². The number of pyridine rings is 1.